The number of aryl methyl sites for hydroxylation is 1. The maximum atomic E-state index is 8.90. The number of nitrogens with one attached hydrogen (secondary N) is 1. The highest BCUT2D eigenvalue weighted by atomic mass is 32.2. The molecule has 0 radical (unpaired) electrons. The molecule has 5 nitrogen and oxygen atoms in total. The van der Waals surface area contributed by atoms with Gasteiger partial charge in [-0.3, -0.25) is 5.41 Å². The maximum absolute atomic E-state index is 8.90. The average Bonchev–Trinajstić information content (AvgIpc) is 2.16. The van der Waals surface area contributed by atoms with Crippen LogP contribution in [0.2, 0.25) is 0 Å². The lowest BCUT2D eigenvalue weighted by Crippen LogP contribution is -2.15. The smallest absolute Gasteiger partial charge is 0.188 e. The first kappa shape index (κ1) is 11.9. The Morgan fingerprint density at radius 3 is 2.87 bits per heavy atom. The zero-order valence-corrected chi connectivity index (χ0v) is 9.51. The van der Waals surface area contributed by atoms with E-state index in [2.05, 4.69) is 9.97 Å². The van der Waals surface area contributed by atoms with Crippen LogP contribution in [0.3, 0.4) is 0 Å². The van der Waals surface area contributed by atoms with Gasteiger partial charge in [0.05, 0.1) is 6.61 Å². The van der Waals surface area contributed by atoms with Crippen LogP contribution in [0.15, 0.2) is 11.2 Å². The fourth-order valence-electron chi connectivity index (χ4n) is 0.949. The Kier molecular flexibility index (Phi) is 4.05. The summed E-state index contributed by atoms with van der Waals surface area (Å²) < 4.78 is 0. The summed E-state index contributed by atoms with van der Waals surface area (Å²) in [6, 6.07) is 1.66. The molecule has 1 atom stereocenters. The van der Waals surface area contributed by atoms with Crippen molar-refractivity contribution < 1.29 is 5.11 Å². The van der Waals surface area contributed by atoms with Crippen LogP contribution >= 0.6 is 11.8 Å². The van der Waals surface area contributed by atoms with Gasteiger partial charge in [0.1, 0.15) is 11.5 Å². The summed E-state index contributed by atoms with van der Waals surface area (Å²) in [6.07, 6.45) is 0. The Labute approximate surface area is 92.6 Å². The summed E-state index contributed by atoms with van der Waals surface area (Å²) in [4.78, 5) is 8.30. The zero-order valence-electron chi connectivity index (χ0n) is 8.69. The van der Waals surface area contributed by atoms with Crippen LogP contribution in [0, 0.1) is 12.3 Å². The van der Waals surface area contributed by atoms with Crippen molar-refractivity contribution in [2.24, 2.45) is 5.73 Å². The molecule has 0 fully saturated rings. The number of aromatic nitrogens is 2. The number of aliphatic hydroxyl groups excluding tert-OH is 1. The number of thioether (sulfide) groups is 1. The number of nitrogens with two attached hydrogens (primary N) is 1. The van der Waals surface area contributed by atoms with Crippen molar-refractivity contribution >= 4 is 17.6 Å². The molecule has 0 aromatic carbocycles. The Morgan fingerprint density at radius 2 is 2.33 bits per heavy atom. The summed E-state index contributed by atoms with van der Waals surface area (Å²) in [5, 5.41) is 16.8. The van der Waals surface area contributed by atoms with Crippen molar-refractivity contribution in [3.63, 3.8) is 0 Å². The van der Waals surface area contributed by atoms with Crippen LogP contribution in [0.1, 0.15) is 18.3 Å². The van der Waals surface area contributed by atoms with Crippen LogP contribution < -0.4 is 5.73 Å². The number of hydrogen-bond acceptors (Lipinski definition) is 5. The van der Waals surface area contributed by atoms with E-state index in [9.17, 15) is 0 Å². The van der Waals surface area contributed by atoms with Gasteiger partial charge in [0.2, 0.25) is 0 Å². The number of nitrogen functional groups attached to an aromatic ring is 1. The minimum atomic E-state index is -0.0704. The lowest BCUT2D eigenvalue weighted by atomic mass is 10.3. The molecule has 0 aliphatic rings. The van der Waals surface area contributed by atoms with Gasteiger partial charge in [-0.05, 0) is 13.0 Å². The largest absolute Gasteiger partial charge is 0.395 e. The normalized spacial score (nSPS) is 12.5. The Morgan fingerprint density at radius 1 is 1.67 bits per heavy atom. The fraction of sp³-hybridized carbons (Fsp3) is 0.444. The van der Waals surface area contributed by atoms with Crippen molar-refractivity contribution in [3.05, 3.63) is 17.5 Å². The molecule has 15 heavy (non-hydrogen) atoms. The quantitative estimate of drug-likeness (QED) is 0.301. The Hall–Kier alpha value is -1.14. The molecule has 0 saturated heterocycles. The molecule has 0 aliphatic heterocycles. The van der Waals surface area contributed by atoms with Crippen LogP contribution in [-0.2, 0) is 0 Å². The van der Waals surface area contributed by atoms with E-state index < -0.39 is 0 Å². The monoisotopic (exact) mass is 226 g/mol. The fourth-order valence-corrected chi connectivity index (χ4v) is 1.73. The molecule has 1 aromatic rings. The predicted octanol–water partition coefficient (Wildman–Crippen LogP) is 0.542. The standard InChI is InChI=1S/C9H14N4OS/c1-5-3-7(8(10)11)13-9(12-5)15-6(2)4-14/h3,6,14H,4H2,1-2H3,(H3,10,11). The number of hydrogen-bond donors (Lipinski definition) is 3. The number of amidine groups is 1. The van der Waals surface area contributed by atoms with Gasteiger partial charge in [-0.2, -0.15) is 0 Å². The molecule has 0 bridgehead atoms. The molecule has 1 heterocycles. The van der Waals surface area contributed by atoms with Gasteiger partial charge in [-0.15, -0.1) is 0 Å². The third-order valence-electron chi connectivity index (χ3n) is 1.67. The first-order chi connectivity index (χ1) is 7.02. The van der Waals surface area contributed by atoms with Gasteiger partial charge < -0.3 is 10.8 Å². The summed E-state index contributed by atoms with van der Waals surface area (Å²) >= 11 is 1.36. The lowest BCUT2D eigenvalue weighted by molar-refractivity contribution is 0.300. The van der Waals surface area contributed by atoms with E-state index in [1.54, 1.807) is 6.07 Å². The molecule has 6 heteroatoms. The van der Waals surface area contributed by atoms with E-state index >= 15 is 0 Å². The highest BCUT2D eigenvalue weighted by molar-refractivity contribution is 7.99. The van der Waals surface area contributed by atoms with Crippen molar-refractivity contribution in [1.29, 1.82) is 5.41 Å². The van der Waals surface area contributed by atoms with Crippen molar-refractivity contribution in [2.45, 2.75) is 24.3 Å². The van der Waals surface area contributed by atoms with Crippen LogP contribution in [0.4, 0.5) is 0 Å². The molecule has 4 N–H and O–H groups in total. The first-order valence-electron chi connectivity index (χ1n) is 4.50. The van der Waals surface area contributed by atoms with E-state index in [4.69, 9.17) is 16.2 Å². The van der Waals surface area contributed by atoms with E-state index in [1.807, 2.05) is 13.8 Å². The SMILES string of the molecule is Cc1cc(C(=N)N)nc(SC(C)CO)n1. The topological polar surface area (TPSA) is 95.9 Å². The molecular weight excluding hydrogens is 212 g/mol. The van der Waals surface area contributed by atoms with Gasteiger partial charge in [-0.25, -0.2) is 9.97 Å². The Balaban J connectivity index is 2.93. The third-order valence-corrected chi connectivity index (χ3v) is 2.62. The summed E-state index contributed by atoms with van der Waals surface area (Å²) in [7, 11) is 0. The summed E-state index contributed by atoms with van der Waals surface area (Å²) in [5.74, 6) is -0.0704. The van der Waals surface area contributed by atoms with Crippen molar-refractivity contribution in [1.82, 2.24) is 9.97 Å². The lowest BCUT2D eigenvalue weighted by Gasteiger charge is -2.07. The van der Waals surface area contributed by atoms with E-state index in [0.717, 1.165) is 5.69 Å². The molecule has 1 rings (SSSR count). The van der Waals surface area contributed by atoms with Gasteiger partial charge >= 0.3 is 0 Å². The number of aliphatic hydroxyl groups is 1. The van der Waals surface area contributed by atoms with Crippen LogP contribution in [0.25, 0.3) is 0 Å². The predicted molar refractivity (Wildman–Crippen MR) is 60.2 cm³/mol. The van der Waals surface area contributed by atoms with E-state index in [0.29, 0.717) is 10.9 Å². The van der Waals surface area contributed by atoms with Gasteiger partial charge in [0.25, 0.3) is 0 Å². The molecule has 0 aliphatic carbocycles. The summed E-state index contributed by atoms with van der Waals surface area (Å²) in [5.41, 5.74) is 6.54. The minimum Gasteiger partial charge on any atom is -0.395 e. The highest BCUT2D eigenvalue weighted by Crippen LogP contribution is 2.19. The van der Waals surface area contributed by atoms with Gasteiger partial charge in [-0.1, -0.05) is 18.7 Å². The molecule has 1 aromatic heterocycles. The van der Waals surface area contributed by atoms with E-state index in [1.165, 1.54) is 11.8 Å². The second-order valence-corrected chi connectivity index (χ2v) is 4.61. The second-order valence-electron chi connectivity index (χ2n) is 3.20. The maximum Gasteiger partial charge on any atom is 0.188 e. The third kappa shape index (κ3) is 3.49. The number of nitrogens with zero attached hydrogens (tertiary/aromatic N) is 2. The molecule has 1 unspecified atom stereocenters. The minimum absolute atomic E-state index is 0.0339. The van der Waals surface area contributed by atoms with Crippen molar-refractivity contribution in [3.8, 4) is 0 Å². The summed E-state index contributed by atoms with van der Waals surface area (Å²) in [6.45, 7) is 3.77. The Bertz CT molecular complexity index is 369. The second kappa shape index (κ2) is 5.09. The molecule has 0 saturated carbocycles. The van der Waals surface area contributed by atoms with Crippen LogP contribution in [-0.4, -0.2) is 32.8 Å². The molecule has 82 valence electrons. The molecule has 0 spiro atoms. The molecule has 0 amide bonds. The van der Waals surface area contributed by atoms with Crippen LogP contribution in [0.5, 0.6) is 0 Å². The van der Waals surface area contributed by atoms with E-state index in [-0.39, 0.29) is 17.7 Å². The highest BCUT2D eigenvalue weighted by Gasteiger charge is 2.08. The first-order valence-corrected chi connectivity index (χ1v) is 5.38. The molecular formula is C9H14N4OS. The zero-order chi connectivity index (χ0) is 11.4. The van der Waals surface area contributed by atoms with Gasteiger partial charge in [0.15, 0.2) is 5.16 Å². The number of rotatable bonds is 4. The average molecular weight is 226 g/mol. The van der Waals surface area contributed by atoms with Gasteiger partial charge in [0, 0.05) is 10.9 Å². The van der Waals surface area contributed by atoms with Crippen molar-refractivity contribution in [2.75, 3.05) is 6.61 Å².